The van der Waals surface area contributed by atoms with E-state index in [1.807, 2.05) is 0 Å². The molecule has 0 saturated carbocycles. The molecular formula is C13H13Cl3FN3O. The van der Waals surface area contributed by atoms with Gasteiger partial charge in [0, 0.05) is 6.42 Å². The van der Waals surface area contributed by atoms with Gasteiger partial charge < -0.3 is 5.11 Å². The Hall–Kier alpha value is -0.880. The van der Waals surface area contributed by atoms with Gasteiger partial charge in [-0.3, -0.25) is 0 Å². The summed E-state index contributed by atoms with van der Waals surface area (Å²) in [5, 5.41) is 14.9. The smallest absolute Gasteiger partial charge is 0.193 e. The van der Waals surface area contributed by atoms with Crippen molar-refractivity contribution in [3.63, 3.8) is 0 Å². The standard InChI is InChI=1S/C13H13Cl3FN3O/c14-13(15,16)6-12(21,7-20-9-18-8-19-20)11-3-1-10(5-17)2-4-11/h1-4,8-9,21H,5-7H2. The number of nitrogens with zero attached hydrogens (tertiary/aromatic N) is 3. The molecule has 1 heterocycles. The molecule has 0 amide bonds. The van der Waals surface area contributed by atoms with Crippen LogP contribution in [0.3, 0.4) is 0 Å². The molecule has 0 saturated heterocycles. The summed E-state index contributed by atoms with van der Waals surface area (Å²) in [6.45, 7) is -0.512. The maximum Gasteiger partial charge on any atom is 0.193 e. The van der Waals surface area contributed by atoms with Crippen LogP contribution in [0.1, 0.15) is 17.5 Å². The van der Waals surface area contributed by atoms with Gasteiger partial charge in [0.15, 0.2) is 3.79 Å². The number of hydrogen-bond donors (Lipinski definition) is 1. The number of benzene rings is 1. The maximum absolute atomic E-state index is 12.6. The SMILES string of the molecule is OC(Cn1cncn1)(CC(Cl)(Cl)Cl)c1ccc(CF)cc1. The van der Waals surface area contributed by atoms with Gasteiger partial charge in [-0.1, -0.05) is 59.1 Å². The van der Waals surface area contributed by atoms with Crippen LogP contribution in [-0.4, -0.2) is 23.7 Å². The summed E-state index contributed by atoms with van der Waals surface area (Å²) < 4.78 is 12.4. The van der Waals surface area contributed by atoms with Gasteiger partial charge in [-0.2, -0.15) is 5.10 Å². The third-order valence-electron chi connectivity index (χ3n) is 3.03. The first-order chi connectivity index (χ1) is 9.82. The minimum absolute atomic E-state index is 0.0654. The lowest BCUT2D eigenvalue weighted by molar-refractivity contribution is 0.00734. The van der Waals surface area contributed by atoms with Crippen LogP contribution in [0.4, 0.5) is 4.39 Å². The molecule has 0 spiro atoms. The highest BCUT2D eigenvalue weighted by atomic mass is 35.6. The van der Waals surface area contributed by atoms with Gasteiger partial charge in [0.2, 0.25) is 0 Å². The number of aliphatic hydroxyl groups is 1. The van der Waals surface area contributed by atoms with Gasteiger partial charge >= 0.3 is 0 Å². The number of hydrogen-bond acceptors (Lipinski definition) is 3. The summed E-state index contributed by atoms with van der Waals surface area (Å²) in [7, 11) is 0. The molecule has 4 nitrogen and oxygen atoms in total. The molecule has 0 fully saturated rings. The van der Waals surface area contributed by atoms with Crippen LogP contribution < -0.4 is 0 Å². The Morgan fingerprint density at radius 2 is 1.86 bits per heavy atom. The molecule has 0 bridgehead atoms. The number of halogens is 4. The van der Waals surface area contributed by atoms with Gasteiger partial charge in [-0.05, 0) is 11.1 Å². The van der Waals surface area contributed by atoms with Crippen molar-refractivity contribution in [3.05, 3.63) is 48.0 Å². The normalized spacial score (nSPS) is 14.9. The maximum atomic E-state index is 12.6. The van der Waals surface area contributed by atoms with Crippen molar-refractivity contribution in [1.82, 2.24) is 14.8 Å². The Balaban J connectivity index is 2.33. The molecule has 0 aliphatic carbocycles. The Labute approximate surface area is 136 Å². The molecule has 2 aromatic rings. The van der Waals surface area contributed by atoms with Crippen molar-refractivity contribution in [1.29, 1.82) is 0 Å². The monoisotopic (exact) mass is 351 g/mol. The van der Waals surface area contributed by atoms with Crippen LogP contribution >= 0.6 is 34.8 Å². The van der Waals surface area contributed by atoms with Crippen LogP contribution in [0.15, 0.2) is 36.9 Å². The van der Waals surface area contributed by atoms with Crippen LogP contribution in [-0.2, 0) is 18.8 Å². The Morgan fingerprint density at radius 3 is 2.33 bits per heavy atom. The molecule has 1 aromatic carbocycles. The highest BCUT2D eigenvalue weighted by Gasteiger charge is 2.38. The molecule has 1 aromatic heterocycles. The first kappa shape index (κ1) is 16.5. The summed E-state index contributed by atoms with van der Waals surface area (Å²) in [6.07, 6.45) is 2.67. The number of aromatic nitrogens is 3. The van der Waals surface area contributed by atoms with Crippen molar-refractivity contribution in [2.24, 2.45) is 0 Å². The van der Waals surface area contributed by atoms with E-state index in [0.29, 0.717) is 11.1 Å². The zero-order chi connectivity index (χ0) is 15.5. The summed E-state index contributed by atoms with van der Waals surface area (Å²) in [4.78, 5) is 3.82. The molecule has 1 N–H and O–H groups in total. The van der Waals surface area contributed by atoms with Crippen molar-refractivity contribution in [2.45, 2.75) is 29.0 Å². The molecule has 0 aliphatic rings. The molecule has 1 unspecified atom stereocenters. The molecule has 114 valence electrons. The molecule has 21 heavy (non-hydrogen) atoms. The van der Waals surface area contributed by atoms with E-state index >= 15 is 0 Å². The van der Waals surface area contributed by atoms with E-state index in [4.69, 9.17) is 34.8 Å². The average molecular weight is 353 g/mol. The zero-order valence-electron chi connectivity index (χ0n) is 10.9. The molecule has 0 aliphatic heterocycles. The van der Waals surface area contributed by atoms with E-state index in [-0.39, 0.29) is 13.0 Å². The van der Waals surface area contributed by atoms with Crippen LogP contribution in [0.5, 0.6) is 0 Å². The second-order valence-electron chi connectivity index (χ2n) is 4.75. The molecule has 0 radical (unpaired) electrons. The van der Waals surface area contributed by atoms with E-state index in [9.17, 15) is 9.50 Å². The summed E-state index contributed by atoms with van der Waals surface area (Å²) >= 11 is 17.5. The van der Waals surface area contributed by atoms with Gasteiger partial charge in [-0.25, -0.2) is 14.1 Å². The second kappa shape index (κ2) is 6.48. The Morgan fingerprint density at radius 1 is 1.19 bits per heavy atom. The lowest BCUT2D eigenvalue weighted by Crippen LogP contribution is -2.35. The number of rotatable bonds is 5. The minimum Gasteiger partial charge on any atom is -0.383 e. The minimum atomic E-state index is -1.64. The van der Waals surface area contributed by atoms with E-state index < -0.39 is 16.1 Å². The Kier molecular flexibility index (Phi) is 5.09. The first-order valence-electron chi connectivity index (χ1n) is 6.09. The fourth-order valence-corrected chi connectivity index (χ4v) is 2.73. The third-order valence-corrected chi connectivity index (χ3v) is 3.43. The molecular weight excluding hydrogens is 340 g/mol. The predicted molar refractivity (Wildman–Crippen MR) is 80.1 cm³/mol. The average Bonchev–Trinajstić information content (AvgIpc) is 2.89. The van der Waals surface area contributed by atoms with Crippen molar-refractivity contribution < 1.29 is 9.50 Å². The van der Waals surface area contributed by atoms with Crippen LogP contribution in [0.2, 0.25) is 0 Å². The second-order valence-corrected chi connectivity index (χ2v) is 7.26. The molecule has 2 rings (SSSR count). The predicted octanol–water partition coefficient (Wildman–Crippen LogP) is 3.40. The van der Waals surface area contributed by atoms with Crippen molar-refractivity contribution in [3.8, 4) is 0 Å². The first-order valence-corrected chi connectivity index (χ1v) is 7.23. The van der Waals surface area contributed by atoms with E-state index in [1.165, 1.54) is 17.3 Å². The van der Waals surface area contributed by atoms with E-state index in [0.717, 1.165) is 0 Å². The highest BCUT2D eigenvalue weighted by Crippen LogP contribution is 2.40. The van der Waals surface area contributed by atoms with Crippen LogP contribution in [0.25, 0.3) is 0 Å². The Bertz CT molecular complexity index is 571. The summed E-state index contributed by atoms with van der Waals surface area (Å²) in [5.41, 5.74) is -0.439. The van der Waals surface area contributed by atoms with Gasteiger partial charge in [0.25, 0.3) is 0 Å². The summed E-state index contributed by atoms with van der Waals surface area (Å²) in [5.74, 6) is 0. The largest absolute Gasteiger partial charge is 0.383 e. The van der Waals surface area contributed by atoms with Gasteiger partial charge in [0.1, 0.15) is 24.9 Å². The van der Waals surface area contributed by atoms with Gasteiger partial charge in [-0.15, -0.1) is 0 Å². The van der Waals surface area contributed by atoms with E-state index in [2.05, 4.69) is 10.1 Å². The lowest BCUT2D eigenvalue weighted by atomic mass is 9.90. The highest BCUT2D eigenvalue weighted by molar-refractivity contribution is 6.67. The van der Waals surface area contributed by atoms with E-state index in [1.54, 1.807) is 24.3 Å². The lowest BCUT2D eigenvalue weighted by Gasteiger charge is -2.31. The fourth-order valence-electron chi connectivity index (χ4n) is 2.07. The van der Waals surface area contributed by atoms with Gasteiger partial charge in [0.05, 0.1) is 6.54 Å². The quantitative estimate of drug-likeness (QED) is 0.839. The number of alkyl halides is 4. The molecule has 8 heteroatoms. The topological polar surface area (TPSA) is 50.9 Å². The van der Waals surface area contributed by atoms with Crippen molar-refractivity contribution >= 4 is 34.8 Å². The van der Waals surface area contributed by atoms with Crippen LogP contribution in [0, 0.1) is 0 Å². The molecule has 1 atom stereocenters. The third kappa shape index (κ3) is 4.54. The fraction of sp³-hybridized carbons (Fsp3) is 0.385. The zero-order valence-corrected chi connectivity index (χ0v) is 13.2. The van der Waals surface area contributed by atoms with Crippen molar-refractivity contribution in [2.75, 3.05) is 0 Å². The summed E-state index contributed by atoms with van der Waals surface area (Å²) in [6, 6.07) is 6.39.